The molecule has 0 fully saturated rings. The maximum atomic E-state index is 13.2. The van der Waals surface area contributed by atoms with Gasteiger partial charge in [-0.15, -0.1) is 0 Å². The van der Waals surface area contributed by atoms with Gasteiger partial charge in [-0.1, -0.05) is 48.5 Å². The summed E-state index contributed by atoms with van der Waals surface area (Å²) in [4.78, 5) is 26.9. The lowest BCUT2D eigenvalue weighted by molar-refractivity contribution is -0.120. The number of nitrogens with one attached hydrogen (secondary N) is 2. The van der Waals surface area contributed by atoms with Crippen LogP contribution in [0.2, 0.25) is 0 Å². The van der Waals surface area contributed by atoms with Crippen molar-refractivity contribution in [2.75, 3.05) is 11.9 Å². The van der Waals surface area contributed by atoms with Crippen LogP contribution in [0.1, 0.15) is 5.56 Å². The third kappa shape index (κ3) is 6.01. The van der Waals surface area contributed by atoms with Gasteiger partial charge >= 0.3 is 6.03 Å². The molecule has 0 unspecified atom stereocenters. The van der Waals surface area contributed by atoms with Crippen molar-refractivity contribution in [3.63, 3.8) is 0 Å². The van der Waals surface area contributed by atoms with Crippen molar-refractivity contribution in [3.05, 3.63) is 84.4 Å². The minimum Gasteiger partial charge on any atom is -0.504 e. The van der Waals surface area contributed by atoms with Gasteiger partial charge in [0.1, 0.15) is 6.04 Å². The maximum Gasteiger partial charge on any atom is 0.329 e. The van der Waals surface area contributed by atoms with Gasteiger partial charge in [0.05, 0.1) is 4.90 Å². The zero-order chi connectivity index (χ0) is 24.0. The molecule has 3 rings (SSSR count). The zero-order valence-electron chi connectivity index (χ0n) is 17.7. The monoisotopic (exact) mass is 469 g/mol. The molecule has 0 heterocycles. The first-order valence-corrected chi connectivity index (χ1v) is 11.4. The fourth-order valence-electron chi connectivity index (χ4n) is 3.10. The summed E-state index contributed by atoms with van der Waals surface area (Å²) >= 11 is 0. The van der Waals surface area contributed by atoms with E-state index in [0.717, 1.165) is 5.56 Å². The van der Waals surface area contributed by atoms with Crippen LogP contribution in [0.5, 0.6) is 11.5 Å². The van der Waals surface area contributed by atoms with E-state index in [9.17, 15) is 28.2 Å². The molecule has 0 aliphatic heterocycles. The molecule has 3 aromatic carbocycles. The van der Waals surface area contributed by atoms with Gasteiger partial charge in [-0.3, -0.25) is 4.79 Å². The maximum absolute atomic E-state index is 13.2. The Hall–Kier alpha value is -4.05. The molecule has 0 bridgehead atoms. The second-order valence-corrected chi connectivity index (χ2v) is 8.89. The normalized spacial score (nSPS) is 11.9. The molecule has 9 nitrogen and oxygen atoms in total. The number of hydrogen-bond acceptors (Lipinski definition) is 6. The van der Waals surface area contributed by atoms with Crippen LogP contribution < -0.4 is 14.9 Å². The highest BCUT2D eigenvalue weighted by molar-refractivity contribution is 7.90. The van der Waals surface area contributed by atoms with Crippen molar-refractivity contribution in [2.24, 2.45) is 0 Å². The molecular formula is C23H23N3O6S. The minimum atomic E-state index is -4.13. The molecule has 0 spiro atoms. The Labute approximate surface area is 191 Å². The molecule has 4 N–H and O–H groups in total. The summed E-state index contributed by atoms with van der Waals surface area (Å²) in [6.45, 7) is 0. The lowest BCUT2D eigenvalue weighted by Gasteiger charge is -2.25. The average molecular weight is 470 g/mol. The van der Waals surface area contributed by atoms with Crippen LogP contribution in [-0.4, -0.2) is 43.7 Å². The number of phenols is 2. The van der Waals surface area contributed by atoms with Crippen LogP contribution in [0.3, 0.4) is 0 Å². The second-order valence-electron chi connectivity index (χ2n) is 7.20. The van der Waals surface area contributed by atoms with Gasteiger partial charge in [0.25, 0.3) is 10.0 Å². The third-order valence-electron chi connectivity index (χ3n) is 4.84. The molecule has 0 aromatic heterocycles. The Kier molecular flexibility index (Phi) is 7.19. The molecule has 3 aromatic rings. The van der Waals surface area contributed by atoms with Crippen molar-refractivity contribution in [1.29, 1.82) is 0 Å². The Balaban J connectivity index is 1.82. The van der Waals surface area contributed by atoms with Gasteiger partial charge in [0.15, 0.2) is 11.5 Å². The number of hydrogen-bond donors (Lipinski definition) is 4. The largest absolute Gasteiger partial charge is 0.504 e. The van der Waals surface area contributed by atoms with Gasteiger partial charge in [0, 0.05) is 25.2 Å². The van der Waals surface area contributed by atoms with Gasteiger partial charge < -0.3 is 20.4 Å². The number of aromatic hydroxyl groups is 2. The molecule has 0 saturated carbocycles. The number of anilines is 1. The number of phenolic OH excluding ortho intramolecular Hbond substituents is 2. The van der Waals surface area contributed by atoms with E-state index >= 15 is 0 Å². The van der Waals surface area contributed by atoms with E-state index in [-0.39, 0.29) is 22.8 Å². The second kappa shape index (κ2) is 10.0. The van der Waals surface area contributed by atoms with E-state index < -0.39 is 33.8 Å². The molecule has 10 heteroatoms. The first kappa shape index (κ1) is 23.6. The van der Waals surface area contributed by atoms with Gasteiger partial charge in [-0.2, -0.15) is 0 Å². The average Bonchev–Trinajstić information content (AvgIpc) is 2.80. The Morgan fingerprint density at radius 2 is 1.52 bits per heavy atom. The number of urea groups is 1. The van der Waals surface area contributed by atoms with Gasteiger partial charge in [-0.05, 0) is 29.8 Å². The molecule has 172 valence electrons. The number of rotatable bonds is 7. The number of carbonyl (C=O) groups excluding carboxylic acids is 2. The lowest BCUT2D eigenvalue weighted by atomic mass is 10.0. The Morgan fingerprint density at radius 1 is 0.909 bits per heavy atom. The summed E-state index contributed by atoms with van der Waals surface area (Å²) in [6.07, 6.45) is 0.0902. The SMILES string of the molecule is CN(C(=O)[C@H](Cc1ccccc1)NC(=O)NS(=O)(=O)c1ccccc1)c1ccc(O)c(O)c1. The Bertz CT molecular complexity index is 1230. The van der Waals surface area contributed by atoms with Crippen molar-refractivity contribution >= 4 is 27.6 Å². The summed E-state index contributed by atoms with van der Waals surface area (Å²) in [6, 6.07) is 17.9. The number of carbonyl (C=O) groups is 2. The summed E-state index contributed by atoms with van der Waals surface area (Å²) in [5.41, 5.74) is 1.01. The van der Waals surface area contributed by atoms with Crippen LogP contribution in [0.25, 0.3) is 0 Å². The van der Waals surface area contributed by atoms with E-state index in [1.165, 1.54) is 54.4 Å². The zero-order valence-corrected chi connectivity index (χ0v) is 18.5. The molecular weight excluding hydrogens is 446 g/mol. The van der Waals surface area contributed by atoms with Crippen LogP contribution in [-0.2, 0) is 21.2 Å². The molecule has 0 radical (unpaired) electrons. The van der Waals surface area contributed by atoms with Crippen LogP contribution in [0.4, 0.5) is 10.5 Å². The summed E-state index contributed by atoms with van der Waals surface area (Å²) in [5, 5.41) is 21.7. The van der Waals surface area contributed by atoms with Crippen molar-refractivity contribution in [3.8, 4) is 11.5 Å². The van der Waals surface area contributed by atoms with Crippen LogP contribution in [0.15, 0.2) is 83.8 Å². The smallest absolute Gasteiger partial charge is 0.329 e. The highest BCUT2D eigenvalue weighted by Gasteiger charge is 2.27. The minimum absolute atomic E-state index is 0.0902. The third-order valence-corrected chi connectivity index (χ3v) is 6.19. The summed E-state index contributed by atoms with van der Waals surface area (Å²) in [7, 11) is -2.70. The van der Waals surface area contributed by atoms with E-state index in [1.807, 2.05) is 4.72 Å². The first-order chi connectivity index (χ1) is 15.7. The van der Waals surface area contributed by atoms with Gasteiger partial charge in [-0.25, -0.2) is 17.9 Å². The fourth-order valence-corrected chi connectivity index (χ4v) is 4.04. The van der Waals surface area contributed by atoms with Crippen molar-refractivity contribution < 1.29 is 28.2 Å². The van der Waals surface area contributed by atoms with E-state index in [0.29, 0.717) is 0 Å². The van der Waals surface area contributed by atoms with E-state index in [2.05, 4.69) is 5.32 Å². The Morgan fingerprint density at radius 3 is 2.12 bits per heavy atom. The van der Waals surface area contributed by atoms with Crippen LogP contribution in [0, 0.1) is 0 Å². The highest BCUT2D eigenvalue weighted by Crippen LogP contribution is 2.29. The number of sulfonamides is 1. The van der Waals surface area contributed by atoms with Gasteiger partial charge in [0.2, 0.25) is 5.91 Å². The molecule has 0 aliphatic rings. The molecule has 3 amide bonds. The number of benzene rings is 3. The topological polar surface area (TPSA) is 136 Å². The van der Waals surface area contributed by atoms with Crippen molar-refractivity contribution in [1.82, 2.24) is 10.0 Å². The lowest BCUT2D eigenvalue weighted by Crippen LogP contribution is -2.52. The quantitative estimate of drug-likeness (QED) is 0.392. The summed E-state index contributed by atoms with van der Waals surface area (Å²) < 4.78 is 26.8. The van der Waals surface area contributed by atoms with E-state index in [4.69, 9.17) is 0 Å². The molecule has 0 aliphatic carbocycles. The molecule has 33 heavy (non-hydrogen) atoms. The number of likely N-dealkylation sites (N-methyl/N-ethyl adjacent to an activating group) is 1. The highest BCUT2D eigenvalue weighted by atomic mass is 32.2. The molecule has 0 saturated heterocycles. The van der Waals surface area contributed by atoms with Crippen LogP contribution >= 0.6 is 0 Å². The first-order valence-electron chi connectivity index (χ1n) is 9.89. The van der Waals surface area contributed by atoms with E-state index in [1.54, 1.807) is 36.4 Å². The number of nitrogens with zero attached hydrogens (tertiary/aromatic N) is 1. The standard InChI is InChI=1S/C23H23N3O6S/c1-26(17-12-13-20(27)21(28)15-17)22(29)19(14-16-8-4-2-5-9-16)24-23(30)25-33(31,32)18-10-6-3-7-11-18/h2-13,15,19,27-28H,14H2,1H3,(H2,24,25,30)/t19-/m0/s1. The van der Waals surface area contributed by atoms with Crippen molar-refractivity contribution in [2.45, 2.75) is 17.4 Å². The summed E-state index contributed by atoms with van der Waals surface area (Å²) in [5.74, 6) is -1.31. The molecule has 1 atom stereocenters. The predicted molar refractivity (Wildman–Crippen MR) is 122 cm³/mol. The number of amides is 3. The fraction of sp³-hybridized carbons (Fsp3) is 0.130. The predicted octanol–water partition coefficient (Wildman–Crippen LogP) is 2.36.